The first-order valence-corrected chi connectivity index (χ1v) is 9.90. The highest BCUT2D eigenvalue weighted by molar-refractivity contribution is 6.31. The van der Waals surface area contributed by atoms with Crippen LogP contribution in [-0.2, 0) is 23.9 Å². The molecule has 0 unspecified atom stereocenters. The van der Waals surface area contributed by atoms with Crippen molar-refractivity contribution in [2.45, 2.75) is 6.92 Å². The van der Waals surface area contributed by atoms with E-state index in [4.69, 9.17) is 14.2 Å². The normalized spacial score (nSPS) is 14.2. The van der Waals surface area contributed by atoms with Crippen LogP contribution in [0.15, 0.2) is 48.0 Å². The predicted molar refractivity (Wildman–Crippen MR) is 117 cm³/mol. The summed E-state index contributed by atoms with van der Waals surface area (Å²) in [7, 11) is 2.70. The van der Waals surface area contributed by atoms with Gasteiger partial charge in [0.1, 0.15) is 5.57 Å². The molecule has 2 aromatic rings. The van der Waals surface area contributed by atoms with Gasteiger partial charge in [0.15, 0.2) is 18.1 Å². The van der Waals surface area contributed by atoms with Crippen LogP contribution in [0.3, 0.4) is 0 Å². The molecule has 2 aromatic carbocycles. The molecule has 33 heavy (non-hydrogen) atoms. The van der Waals surface area contributed by atoms with Crippen molar-refractivity contribution in [3.8, 4) is 11.5 Å². The molecular weight excluding hydrogens is 432 g/mol. The van der Waals surface area contributed by atoms with Gasteiger partial charge in [-0.05, 0) is 55.0 Å². The molecule has 1 fully saturated rings. The van der Waals surface area contributed by atoms with Crippen LogP contribution in [-0.4, -0.2) is 51.2 Å². The molecular formula is C23H22N2O8. The number of nitrogens with one attached hydrogen (secondary N) is 1. The fourth-order valence-electron chi connectivity index (χ4n) is 3.00. The Hall–Kier alpha value is -4.34. The van der Waals surface area contributed by atoms with Crippen molar-refractivity contribution in [1.29, 1.82) is 0 Å². The van der Waals surface area contributed by atoms with Crippen LogP contribution in [0.2, 0.25) is 0 Å². The third-order valence-electron chi connectivity index (χ3n) is 4.59. The third-order valence-corrected chi connectivity index (χ3v) is 4.59. The number of carbonyl (C=O) groups is 4. The number of nitrogens with zero attached hydrogens (tertiary/aromatic N) is 1. The van der Waals surface area contributed by atoms with Crippen LogP contribution in [0, 0.1) is 0 Å². The summed E-state index contributed by atoms with van der Waals surface area (Å²) in [5.41, 5.74) is 3.60. The molecule has 0 radical (unpaired) electrons. The van der Waals surface area contributed by atoms with E-state index in [1.54, 1.807) is 25.1 Å². The molecule has 10 heteroatoms. The standard InChI is InChI=1S/C23H22N2O8/c1-4-32-20(26)13-33-18-10-5-14(12-19(18)30-2)11-17-21(27)24-25(22(17)28)16-8-6-15(7-9-16)23(29)31-3/h5-12H,4,13H2,1-3H3,(H,24,27)/b17-11+. The van der Waals surface area contributed by atoms with E-state index < -0.39 is 23.8 Å². The molecule has 0 saturated carbocycles. The molecule has 0 atom stereocenters. The van der Waals surface area contributed by atoms with Crippen molar-refractivity contribution in [2.24, 2.45) is 0 Å². The number of carbonyl (C=O) groups excluding carboxylic acids is 4. The number of ether oxygens (including phenoxy) is 4. The number of anilines is 1. The van der Waals surface area contributed by atoms with Gasteiger partial charge in [0.2, 0.25) is 0 Å². The van der Waals surface area contributed by atoms with Crippen molar-refractivity contribution < 1.29 is 38.1 Å². The van der Waals surface area contributed by atoms with Gasteiger partial charge in [-0.2, -0.15) is 0 Å². The van der Waals surface area contributed by atoms with Crippen molar-refractivity contribution >= 4 is 35.5 Å². The van der Waals surface area contributed by atoms with Gasteiger partial charge in [0, 0.05) is 0 Å². The van der Waals surface area contributed by atoms with Crippen LogP contribution >= 0.6 is 0 Å². The van der Waals surface area contributed by atoms with E-state index in [1.165, 1.54) is 44.6 Å². The zero-order valence-electron chi connectivity index (χ0n) is 18.2. The topological polar surface area (TPSA) is 120 Å². The maximum atomic E-state index is 12.8. The van der Waals surface area contributed by atoms with E-state index in [0.29, 0.717) is 28.3 Å². The summed E-state index contributed by atoms with van der Waals surface area (Å²) in [5.74, 6) is -1.55. The maximum Gasteiger partial charge on any atom is 0.344 e. The second-order valence-electron chi connectivity index (χ2n) is 6.68. The first-order valence-electron chi connectivity index (χ1n) is 9.90. The number of hydrazine groups is 1. The van der Waals surface area contributed by atoms with Gasteiger partial charge in [0.25, 0.3) is 11.8 Å². The quantitative estimate of drug-likeness (QED) is 0.365. The summed E-state index contributed by atoms with van der Waals surface area (Å²) in [5, 5.41) is 1.09. The van der Waals surface area contributed by atoms with Crippen LogP contribution in [0.5, 0.6) is 11.5 Å². The zero-order chi connectivity index (χ0) is 24.0. The summed E-state index contributed by atoms with van der Waals surface area (Å²) in [6, 6.07) is 10.8. The average Bonchev–Trinajstić information content (AvgIpc) is 3.11. The van der Waals surface area contributed by atoms with Crippen LogP contribution in [0.25, 0.3) is 6.08 Å². The van der Waals surface area contributed by atoms with Gasteiger partial charge in [-0.3, -0.25) is 15.0 Å². The molecule has 1 N–H and O–H groups in total. The smallest absolute Gasteiger partial charge is 0.344 e. The molecule has 3 rings (SSSR count). The lowest BCUT2D eigenvalue weighted by Gasteiger charge is -2.14. The van der Waals surface area contributed by atoms with E-state index >= 15 is 0 Å². The number of methoxy groups -OCH3 is 2. The summed E-state index contributed by atoms with van der Waals surface area (Å²) < 4.78 is 20.2. The Balaban J connectivity index is 1.78. The highest BCUT2D eigenvalue weighted by Gasteiger charge is 2.34. The first-order chi connectivity index (χ1) is 15.9. The molecule has 10 nitrogen and oxygen atoms in total. The number of rotatable bonds is 8. The third kappa shape index (κ3) is 5.29. The molecule has 0 spiro atoms. The highest BCUT2D eigenvalue weighted by atomic mass is 16.6. The van der Waals surface area contributed by atoms with E-state index in [9.17, 15) is 19.2 Å². The zero-order valence-corrected chi connectivity index (χ0v) is 18.2. The molecule has 1 heterocycles. The lowest BCUT2D eigenvalue weighted by atomic mass is 10.1. The fourth-order valence-corrected chi connectivity index (χ4v) is 3.00. The van der Waals surface area contributed by atoms with Crippen LogP contribution in [0.4, 0.5) is 5.69 Å². The van der Waals surface area contributed by atoms with Crippen LogP contribution in [0.1, 0.15) is 22.8 Å². The van der Waals surface area contributed by atoms with Crippen molar-refractivity contribution in [3.05, 3.63) is 59.2 Å². The van der Waals surface area contributed by atoms with Gasteiger partial charge in [0.05, 0.1) is 32.1 Å². The summed E-state index contributed by atoms with van der Waals surface area (Å²) in [6.45, 7) is 1.66. The van der Waals surface area contributed by atoms with Crippen molar-refractivity contribution in [1.82, 2.24) is 5.43 Å². The van der Waals surface area contributed by atoms with Crippen molar-refractivity contribution in [2.75, 3.05) is 32.4 Å². The average molecular weight is 454 g/mol. The van der Waals surface area contributed by atoms with Crippen LogP contribution < -0.4 is 19.9 Å². The maximum absolute atomic E-state index is 12.8. The number of hydrogen-bond acceptors (Lipinski definition) is 8. The van der Waals surface area contributed by atoms with Gasteiger partial charge >= 0.3 is 11.9 Å². The second-order valence-corrected chi connectivity index (χ2v) is 6.68. The second kappa shape index (κ2) is 10.3. The number of hydrogen-bond donors (Lipinski definition) is 1. The summed E-state index contributed by atoms with van der Waals surface area (Å²) in [4.78, 5) is 48.3. The Labute approximate surface area is 189 Å². The van der Waals surface area contributed by atoms with E-state index in [-0.39, 0.29) is 18.8 Å². The molecule has 1 aliphatic rings. The van der Waals surface area contributed by atoms with Crippen molar-refractivity contribution in [3.63, 3.8) is 0 Å². The molecule has 1 saturated heterocycles. The predicted octanol–water partition coefficient (Wildman–Crippen LogP) is 1.89. The molecule has 172 valence electrons. The highest BCUT2D eigenvalue weighted by Crippen LogP contribution is 2.30. The minimum atomic E-state index is -0.585. The Bertz CT molecular complexity index is 1110. The first kappa shape index (κ1) is 23.3. The summed E-state index contributed by atoms with van der Waals surface area (Å²) >= 11 is 0. The monoisotopic (exact) mass is 454 g/mol. The van der Waals surface area contributed by atoms with Gasteiger partial charge < -0.3 is 18.9 Å². The molecule has 2 amide bonds. The lowest BCUT2D eigenvalue weighted by Crippen LogP contribution is -2.35. The number of esters is 2. The molecule has 0 aliphatic carbocycles. The lowest BCUT2D eigenvalue weighted by molar-refractivity contribution is -0.145. The fraction of sp³-hybridized carbons (Fsp3) is 0.217. The Morgan fingerprint density at radius 1 is 1.03 bits per heavy atom. The minimum Gasteiger partial charge on any atom is -0.493 e. The van der Waals surface area contributed by atoms with Gasteiger partial charge in [-0.25, -0.2) is 14.6 Å². The molecule has 0 aromatic heterocycles. The van der Waals surface area contributed by atoms with E-state index in [1.807, 2.05) is 0 Å². The summed E-state index contributed by atoms with van der Waals surface area (Å²) in [6.07, 6.45) is 1.41. The SMILES string of the molecule is CCOC(=O)COc1ccc(/C=C2\C(=O)NN(c3ccc(C(=O)OC)cc3)C2=O)cc1OC. The van der Waals surface area contributed by atoms with E-state index in [0.717, 1.165) is 5.01 Å². The number of benzene rings is 2. The Morgan fingerprint density at radius 3 is 2.39 bits per heavy atom. The Kier molecular flexibility index (Phi) is 7.29. The minimum absolute atomic E-state index is 0.0886. The number of amides is 2. The van der Waals surface area contributed by atoms with Gasteiger partial charge in [-0.15, -0.1) is 0 Å². The van der Waals surface area contributed by atoms with Gasteiger partial charge in [-0.1, -0.05) is 6.07 Å². The molecule has 0 bridgehead atoms. The molecule has 1 aliphatic heterocycles. The largest absolute Gasteiger partial charge is 0.493 e. The Morgan fingerprint density at radius 2 is 1.76 bits per heavy atom. The van der Waals surface area contributed by atoms with E-state index in [2.05, 4.69) is 10.2 Å².